The van der Waals surface area contributed by atoms with Crippen molar-refractivity contribution in [1.82, 2.24) is 4.98 Å². The number of benzene rings is 1. The fourth-order valence-electron chi connectivity index (χ4n) is 1.56. The molecule has 98 valence electrons. The van der Waals surface area contributed by atoms with Crippen LogP contribution in [0.4, 0.5) is 11.4 Å². The van der Waals surface area contributed by atoms with Crippen molar-refractivity contribution in [2.75, 3.05) is 24.3 Å². The van der Waals surface area contributed by atoms with Gasteiger partial charge in [0, 0.05) is 36.9 Å². The van der Waals surface area contributed by atoms with E-state index in [0.717, 1.165) is 5.69 Å². The van der Waals surface area contributed by atoms with Gasteiger partial charge in [-0.1, -0.05) is 6.07 Å². The predicted molar refractivity (Wildman–Crippen MR) is 74.0 cm³/mol. The van der Waals surface area contributed by atoms with Gasteiger partial charge in [0.25, 0.3) is 5.91 Å². The van der Waals surface area contributed by atoms with Gasteiger partial charge in [-0.25, -0.2) is 0 Å². The molecule has 0 radical (unpaired) electrons. The number of likely N-dealkylation sites (N-methyl/N-ethyl adjacent to an activating group) is 1. The summed E-state index contributed by atoms with van der Waals surface area (Å²) >= 11 is 0. The number of hydrogen-bond donors (Lipinski definition) is 1. The lowest BCUT2D eigenvalue weighted by atomic mass is 10.3. The first-order valence-electron chi connectivity index (χ1n) is 5.82. The standard InChI is InChI=1S/C14H15N3O2/c1-17(12-5-7-16-8-6-12)14(18)10-19-13-4-2-3-11(15)9-13/h2-9H,10,15H2,1H3. The van der Waals surface area contributed by atoms with Crippen molar-refractivity contribution < 1.29 is 9.53 Å². The van der Waals surface area contributed by atoms with E-state index in [2.05, 4.69) is 4.98 Å². The molecule has 0 aliphatic heterocycles. The third-order valence-corrected chi connectivity index (χ3v) is 2.64. The number of hydrogen-bond acceptors (Lipinski definition) is 4. The first kappa shape index (κ1) is 12.9. The van der Waals surface area contributed by atoms with Crippen LogP contribution in [0.2, 0.25) is 0 Å². The van der Waals surface area contributed by atoms with Gasteiger partial charge in [-0.3, -0.25) is 9.78 Å². The van der Waals surface area contributed by atoms with Crippen LogP contribution in [0.15, 0.2) is 48.8 Å². The second-order valence-electron chi connectivity index (χ2n) is 4.02. The maximum atomic E-state index is 12.0. The minimum absolute atomic E-state index is 0.0394. The van der Waals surface area contributed by atoms with E-state index in [9.17, 15) is 4.79 Å². The van der Waals surface area contributed by atoms with Crippen molar-refractivity contribution in [3.63, 3.8) is 0 Å². The van der Waals surface area contributed by atoms with Gasteiger partial charge in [0.1, 0.15) is 5.75 Å². The van der Waals surface area contributed by atoms with Crippen LogP contribution in [0.3, 0.4) is 0 Å². The van der Waals surface area contributed by atoms with Crippen molar-refractivity contribution in [3.8, 4) is 5.75 Å². The molecule has 0 spiro atoms. The Morgan fingerprint density at radius 1 is 1.32 bits per heavy atom. The molecule has 1 aromatic carbocycles. The summed E-state index contributed by atoms with van der Waals surface area (Å²) in [7, 11) is 1.69. The van der Waals surface area contributed by atoms with Gasteiger partial charge < -0.3 is 15.4 Å². The van der Waals surface area contributed by atoms with E-state index in [1.807, 2.05) is 0 Å². The Balaban J connectivity index is 1.95. The van der Waals surface area contributed by atoms with Crippen molar-refractivity contribution >= 4 is 17.3 Å². The predicted octanol–water partition coefficient (Wildman–Crippen LogP) is 1.71. The number of rotatable bonds is 4. The third kappa shape index (κ3) is 3.45. The van der Waals surface area contributed by atoms with E-state index < -0.39 is 0 Å². The zero-order valence-electron chi connectivity index (χ0n) is 10.6. The highest BCUT2D eigenvalue weighted by Gasteiger charge is 2.11. The minimum Gasteiger partial charge on any atom is -0.484 e. The van der Waals surface area contributed by atoms with Crippen LogP contribution in [-0.4, -0.2) is 24.5 Å². The summed E-state index contributed by atoms with van der Waals surface area (Å²) < 4.78 is 5.40. The van der Waals surface area contributed by atoms with Gasteiger partial charge in [-0.05, 0) is 24.3 Å². The summed E-state index contributed by atoms with van der Waals surface area (Å²) in [6.07, 6.45) is 3.27. The number of pyridine rings is 1. The molecule has 2 rings (SSSR count). The van der Waals surface area contributed by atoms with Gasteiger partial charge in [0.05, 0.1) is 0 Å². The maximum absolute atomic E-state index is 12.0. The van der Waals surface area contributed by atoms with E-state index >= 15 is 0 Å². The highest BCUT2D eigenvalue weighted by molar-refractivity contribution is 5.93. The molecule has 19 heavy (non-hydrogen) atoms. The Morgan fingerprint density at radius 2 is 2.05 bits per heavy atom. The van der Waals surface area contributed by atoms with E-state index in [-0.39, 0.29) is 12.5 Å². The Labute approximate surface area is 111 Å². The van der Waals surface area contributed by atoms with E-state index in [1.165, 1.54) is 4.90 Å². The topological polar surface area (TPSA) is 68.5 Å². The molecule has 0 saturated heterocycles. The second kappa shape index (κ2) is 5.86. The normalized spacial score (nSPS) is 9.95. The van der Waals surface area contributed by atoms with Gasteiger partial charge >= 0.3 is 0 Å². The van der Waals surface area contributed by atoms with Crippen LogP contribution in [0.1, 0.15) is 0 Å². The molecule has 1 amide bonds. The molecule has 0 saturated carbocycles. The molecule has 2 N–H and O–H groups in total. The monoisotopic (exact) mass is 257 g/mol. The molecule has 0 atom stereocenters. The SMILES string of the molecule is CN(C(=O)COc1cccc(N)c1)c1ccncc1. The summed E-state index contributed by atoms with van der Waals surface area (Å²) in [5, 5.41) is 0. The lowest BCUT2D eigenvalue weighted by Gasteiger charge is -2.17. The molecule has 1 aromatic heterocycles. The van der Waals surface area contributed by atoms with E-state index in [4.69, 9.17) is 10.5 Å². The number of carbonyl (C=O) groups is 1. The Kier molecular flexibility index (Phi) is 3.97. The van der Waals surface area contributed by atoms with Crippen LogP contribution in [-0.2, 0) is 4.79 Å². The number of nitrogen functional groups attached to an aromatic ring is 1. The van der Waals surface area contributed by atoms with Gasteiger partial charge in [0.2, 0.25) is 0 Å². The molecule has 1 heterocycles. The molecule has 5 nitrogen and oxygen atoms in total. The summed E-state index contributed by atoms with van der Waals surface area (Å²) in [6.45, 7) is -0.0394. The lowest BCUT2D eigenvalue weighted by molar-refractivity contribution is -0.120. The number of nitrogens with two attached hydrogens (primary N) is 1. The number of aromatic nitrogens is 1. The lowest BCUT2D eigenvalue weighted by Crippen LogP contribution is -2.31. The average molecular weight is 257 g/mol. The van der Waals surface area contributed by atoms with Gasteiger partial charge in [-0.2, -0.15) is 0 Å². The number of anilines is 2. The molecule has 5 heteroatoms. The molecular weight excluding hydrogens is 242 g/mol. The summed E-state index contributed by atoms with van der Waals surface area (Å²) in [6, 6.07) is 10.5. The fourth-order valence-corrected chi connectivity index (χ4v) is 1.56. The second-order valence-corrected chi connectivity index (χ2v) is 4.02. The van der Waals surface area contributed by atoms with Crippen LogP contribution in [0, 0.1) is 0 Å². The number of nitrogens with zero attached hydrogens (tertiary/aromatic N) is 2. The third-order valence-electron chi connectivity index (χ3n) is 2.64. The maximum Gasteiger partial charge on any atom is 0.264 e. The van der Waals surface area contributed by atoms with Crippen molar-refractivity contribution in [2.24, 2.45) is 0 Å². The van der Waals surface area contributed by atoms with Crippen LogP contribution < -0.4 is 15.4 Å². The number of ether oxygens (including phenoxy) is 1. The summed E-state index contributed by atoms with van der Waals surface area (Å²) in [5.41, 5.74) is 7.01. The Morgan fingerprint density at radius 3 is 2.74 bits per heavy atom. The number of carbonyl (C=O) groups excluding carboxylic acids is 1. The molecule has 0 aliphatic carbocycles. The van der Waals surface area contributed by atoms with Crippen LogP contribution in [0.5, 0.6) is 5.75 Å². The highest BCUT2D eigenvalue weighted by Crippen LogP contribution is 2.15. The van der Waals surface area contributed by atoms with Crippen LogP contribution in [0.25, 0.3) is 0 Å². The molecule has 0 fully saturated rings. The van der Waals surface area contributed by atoms with Crippen LogP contribution >= 0.6 is 0 Å². The van der Waals surface area contributed by atoms with Gasteiger partial charge in [-0.15, -0.1) is 0 Å². The van der Waals surface area contributed by atoms with Crippen molar-refractivity contribution in [1.29, 1.82) is 0 Å². The highest BCUT2D eigenvalue weighted by atomic mass is 16.5. The summed E-state index contributed by atoms with van der Waals surface area (Å²) in [5.74, 6) is 0.435. The fraction of sp³-hybridized carbons (Fsp3) is 0.143. The first-order valence-corrected chi connectivity index (χ1v) is 5.82. The largest absolute Gasteiger partial charge is 0.484 e. The Bertz CT molecular complexity index is 558. The smallest absolute Gasteiger partial charge is 0.264 e. The molecule has 0 unspecified atom stereocenters. The minimum atomic E-state index is -0.145. The zero-order valence-corrected chi connectivity index (χ0v) is 10.6. The number of amides is 1. The summed E-state index contributed by atoms with van der Waals surface area (Å²) in [4.78, 5) is 17.4. The van der Waals surface area contributed by atoms with E-state index in [0.29, 0.717) is 11.4 Å². The molecule has 0 bridgehead atoms. The van der Waals surface area contributed by atoms with E-state index in [1.54, 1.807) is 55.8 Å². The Hall–Kier alpha value is -2.56. The zero-order chi connectivity index (χ0) is 13.7. The van der Waals surface area contributed by atoms with Crippen molar-refractivity contribution in [3.05, 3.63) is 48.8 Å². The first-order chi connectivity index (χ1) is 9.16. The molecule has 0 aliphatic rings. The molecular formula is C14H15N3O2. The van der Waals surface area contributed by atoms with Gasteiger partial charge in [0.15, 0.2) is 6.61 Å². The molecule has 2 aromatic rings. The average Bonchev–Trinajstić information content (AvgIpc) is 2.45. The van der Waals surface area contributed by atoms with Crippen molar-refractivity contribution in [2.45, 2.75) is 0 Å². The quantitative estimate of drug-likeness (QED) is 0.846.